The fourth-order valence-electron chi connectivity index (χ4n) is 1.88. The van der Waals surface area contributed by atoms with Gasteiger partial charge in [-0.15, -0.1) is 0 Å². The Morgan fingerprint density at radius 1 is 1.27 bits per heavy atom. The molecule has 0 aliphatic rings. The Labute approximate surface area is 131 Å². The van der Waals surface area contributed by atoms with Gasteiger partial charge in [0.15, 0.2) is 0 Å². The van der Waals surface area contributed by atoms with Gasteiger partial charge in [0.25, 0.3) is 11.6 Å². The van der Waals surface area contributed by atoms with Crippen LogP contribution in [-0.2, 0) is 0 Å². The molecule has 114 valence electrons. The number of carbonyl (C=O) groups excluding carboxylic acids is 1. The highest BCUT2D eigenvalue weighted by atomic mass is 35.5. The third-order valence-electron chi connectivity index (χ3n) is 3.05. The molecule has 0 spiro atoms. The van der Waals surface area contributed by atoms with E-state index in [-0.39, 0.29) is 22.8 Å². The highest BCUT2D eigenvalue weighted by molar-refractivity contribution is 6.34. The Hall–Kier alpha value is -2.44. The smallest absolute Gasteiger partial charge is 0.270 e. The SMILES string of the molecule is O=C(NCC(O)c1ccccc1)c1ccc([N+](=O)[O-])cc1Cl. The molecule has 0 aliphatic heterocycles. The first-order valence-electron chi connectivity index (χ1n) is 6.44. The molecule has 0 aliphatic carbocycles. The van der Waals surface area contributed by atoms with E-state index in [0.29, 0.717) is 5.56 Å². The second-order valence-corrected chi connectivity index (χ2v) is 4.96. The van der Waals surface area contributed by atoms with Crippen molar-refractivity contribution in [3.8, 4) is 0 Å². The van der Waals surface area contributed by atoms with Crippen LogP contribution in [0.25, 0.3) is 0 Å². The zero-order valence-electron chi connectivity index (χ0n) is 11.4. The summed E-state index contributed by atoms with van der Waals surface area (Å²) in [7, 11) is 0. The van der Waals surface area contributed by atoms with Crippen molar-refractivity contribution in [2.24, 2.45) is 0 Å². The van der Waals surface area contributed by atoms with Crippen LogP contribution < -0.4 is 5.32 Å². The zero-order chi connectivity index (χ0) is 16.1. The van der Waals surface area contributed by atoms with E-state index >= 15 is 0 Å². The van der Waals surface area contributed by atoms with Crippen molar-refractivity contribution in [3.63, 3.8) is 0 Å². The first-order valence-corrected chi connectivity index (χ1v) is 6.82. The molecular weight excluding hydrogens is 308 g/mol. The van der Waals surface area contributed by atoms with Gasteiger partial charge < -0.3 is 10.4 Å². The number of nitrogens with one attached hydrogen (secondary N) is 1. The molecule has 2 aromatic rings. The number of aliphatic hydroxyl groups is 1. The fraction of sp³-hybridized carbons (Fsp3) is 0.133. The first-order chi connectivity index (χ1) is 10.5. The highest BCUT2D eigenvalue weighted by Gasteiger charge is 2.16. The van der Waals surface area contributed by atoms with Crippen LogP contribution in [0.3, 0.4) is 0 Å². The molecule has 1 amide bonds. The quantitative estimate of drug-likeness (QED) is 0.654. The van der Waals surface area contributed by atoms with E-state index in [1.807, 2.05) is 6.07 Å². The Bertz CT molecular complexity index is 691. The lowest BCUT2D eigenvalue weighted by molar-refractivity contribution is -0.384. The minimum atomic E-state index is -0.845. The molecule has 0 aromatic heterocycles. The molecule has 2 aromatic carbocycles. The Morgan fingerprint density at radius 2 is 1.95 bits per heavy atom. The molecule has 0 fully saturated rings. The Morgan fingerprint density at radius 3 is 2.55 bits per heavy atom. The molecule has 0 saturated carbocycles. The summed E-state index contributed by atoms with van der Waals surface area (Å²) in [6.45, 7) is 0.0101. The van der Waals surface area contributed by atoms with E-state index in [4.69, 9.17) is 11.6 Å². The third kappa shape index (κ3) is 3.81. The largest absolute Gasteiger partial charge is 0.387 e. The van der Waals surface area contributed by atoms with Gasteiger partial charge in [-0.3, -0.25) is 14.9 Å². The summed E-state index contributed by atoms with van der Waals surface area (Å²) >= 11 is 5.87. The maximum absolute atomic E-state index is 12.0. The van der Waals surface area contributed by atoms with E-state index in [1.165, 1.54) is 12.1 Å². The molecule has 7 heteroatoms. The number of nitro groups is 1. The standard InChI is InChI=1S/C15H13ClN2O4/c16-13-8-11(18(21)22)6-7-12(13)15(20)17-9-14(19)10-4-2-1-3-5-10/h1-8,14,19H,9H2,(H,17,20). The van der Waals surface area contributed by atoms with E-state index in [2.05, 4.69) is 5.32 Å². The Balaban J connectivity index is 2.02. The molecule has 2 N–H and O–H groups in total. The average molecular weight is 321 g/mol. The summed E-state index contributed by atoms with van der Waals surface area (Å²) in [4.78, 5) is 22.0. The van der Waals surface area contributed by atoms with Gasteiger partial charge in [-0.05, 0) is 11.6 Å². The number of carbonyl (C=O) groups is 1. The van der Waals surface area contributed by atoms with E-state index in [0.717, 1.165) is 6.07 Å². The van der Waals surface area contributed by atoms with Gasteiger partial charge in [0.1, 0.15) is 0 Å². The molecule has 2 rings (SSSR count). The second-order valence-electron chi connectivity index (χ2n) is 4.56. The fourth-order valence-corrected chi connectivity index (χ4v) is 2.14. The van der Waals surface area contributed by atoms with Crippen LogP contribution in [0.2, 0.25) is 5.02 Å². The predicted octanol–water partition coefficient (Wildman–Crippen LogP) is 2.71. The molecule has 6 nitrogen and oxygen atoms in total. The maximum Gasteiger partial charge on any atom is 0.270 e. The molecule has 22 heavy (non-hydrogen) atoms. The summed E-state index contributed by atoms with van der Waals surface area (Å²) in [5.41, 5.74) is 0.607. The van der Waals surface area contributed by atoms with Crippen LogP contribution in [0.15, 0.2) is 48.5 Å². The molecule has 0 saturated heterocycles. The van der Waals surface area contributed by atoms with Crippen LogP contribution in [0.4, 0.5) is 5.69 Å². The van der Waals surface area contributed by atoms with Crippen molar-refractivity contribution >= 4 is 23.2 Å². The van der Waals surface area contributed by atoms with Crippen molar-refractivity contribution in [2.45, 2.75) is 6.10 Å². The minimum Gasteiger partial charge on any atom is -0.387 e. The maximum atomic E-state index is 12.0. The number of benzene rings is 2. The lowest BCUT2D eigenvalue weighted by Gasteiger charge is -2.12. The minimum absolute atomic E-state index is 0.0101. The number of hydrogen-bond acceptors (Lipinski definition) is 4. The average Bonchev–Trinajstić information content (AvgIpc) is 2.52. The van der Waals surface area contributed by atoms with Gasteiger partial charge in [0, 0.05) is 18.7 Å². The van der Waals surface area contributed by atoms with E-state index in [9.17, 15) is 20.0 Å². The number of amides is 1. The summed E-state index contributed by atoms with van der Waals surface area (Å²) in [6.07, 6.45) is -0.845. The Kier molecular flexibility index (Phi) is 5.08. The molecule has 1 unspecified atom stereocenters. The number of halogens is 1. The van der Waals surface area contributed by atoms with E-state index < -0.39 is 16.9 Å². The molecule has 0 radical (unpaired) electrons. The van der Waals surface area contributed by atoms with Crippen LogP contribution in [0.1, 0.15) is 22.0 Å². The van der Waals surface area contributed by atoms with Crippen molar-refractivity contribution in [2.75, 3.05) is 6.54 Å². The van der Waals surface area contributed by atoms with Crippen LogP contribution in [-0.4, -0.2) is 22.5 Å². The predicted molar refractivity (Wildman–Crippen MR) is 81.8 cm³/mol. The van der Waals surface area contributed by atoms with Crippen molar-refractivity contribution in [3.05, 3.63) is 74.8 Å². The lowest BCUT2D eigenvalue weighted by Crippen LogP contribution is -2.28. The third-order valence-corrected chi connectivity index (χ3v) is 3.36. The zero-order valence-corrected chi connectivity index (χ0v) is 12.2. The molecule has 1 atom stereocenters. The number of nitro benzene ring substituents is 1. The van der Waals surface area contributed by atoms with Crippen LogP contribution in [0, 0.1) is 10.1 Å². The van der Waals surface area contributed by atoms with Gasteiger partial charge in [-0.1, -0.05) is 41.9 Å². The lowest BCUT2D eigenvalue weighted by atomic mass is 10.1. The number of aliphatic hydroxyl groups excluding tert-OH is 1. The number of non-ortho nitro benzene ring substituents is 1. The monoisotopic (exact) mass is 320 g/mol. The molecular formula is C15H13ClN2O4. The second kappa shape index (κ2) is 7.02. The molecule has 0 heterocycles. The van der Waals surface area contributed by atoms with Crippen molar-refractivity contribution in [1.82, 2.24) is 5.32 Å². The molecule has 0 bridgehead atoms. The summed E-state index contributed by atoms with van der Waals surface area (Å²) in [6, 6.07) is 12.5. The van der Waals surface area contributed by atoms with Crippen LogP contribution >= 0.6 is 11.6 Å². The number of nitrogens with zero attached hydrogens (tertiary/aromatic N) is 1. The van der Waals surface area contributed by atoms with Gasteiger partial charge in [0.05, 0.1) is 21.6 Å². The van der Waals surface area contributed by atoms with Crippen LogP contribution in [0.5, 0.6) is 0 Å². The van der Waals surface area contributed by atoms with E-state index in [1.54, 1.807) is 24.3 Å². The van der Waals surface area contributed by atoms with Gasteiger partial charge in [0.2, 0.25) is 0 Å². The van der Waals surface area contributed by atoms with Crippen molar-refractivity contribution in [1.29, 1.82) is 0 Å². The topological polar surface area (TPSA) is 92.5 Å². The van der Waals surface area contributed by atoms with Crippen molar-refractivity contribution < 1.29 is 14.8 Å². The summed E-state index contributed by atoms with van der Waals surface area (Å²) in [5, 5.41) is 23.1. The summed E-state index contributed by atoms with van der Waals surface area (Å²) in [5.74, 6) is -0.505. The number of hydrogen-bond donors (Lipinski definition) is 2. The van der Waals surface area contributed by atoms with Gasteiger partial charge >= 0.3 is 0 Å². The normalized spacial score (nSPS) is 11.7. The van der Waals surface area contributed by atoms with Gasteiger partial charge in [-0.2, -0.15) is 0 Å². The highest BCUT2D eigenvalue weighted by Crippen LogP contribution is 2.22. The van der Waals surface area contributed by atoms with Gasteiger partial charge in [-0.25, -0.2) is 0 Å². The number of rotatable bonds is 5. The summed E-state index contributed by atoms with van der Waals surface area (Å²) < 4.78 is 0. The first kappa shape index (κ1) is 15.9.